The van der Waals surface area contributed by atoms with E-state index in [9.17, 15) is 56.3 Å². The Kier molecular flexibility index (Phi) is 36.7. The van der Waals surface area contributed by atoms with Gasteiger partial charge in [-0.25, -0.2) is 32.3 Å². The van der Waals surface area contributed by atoms with E-state index >= 15 is 4.39 Å². The van der Waals surface area contributed by atoms with Crippen LogP contribution in [0.2, 0.25) is 20.1 Å². The minimum Gasteiger partial charge on any atom is -0.495 e. The summed E-state index contributed by atoms with van der Waals surface area (Å²) in [6, 6.07) is 39.9. The SMILES string of the molecule is CC(=O)c1ccc(Cl)c(F)c1Br.COc1c[nH]c(=O)cc1-c1c(C(C)=O)ccc(Cl)c1F.COc1cc(-c2c(C(C)=O)ccc(Cl)c2F)c(OC)cn1.COc1cc(B(O)O)c(OC)cn1.COc1cn(C(Cc2ccccc2)C(=O)Cc2ccc(C(=O)O)cc2)c(=O)cc1-c1c(C(C)=O)ccc(Cl)c1F.O=C(O)[C@H](Br)Cc1ccccc1. The maximum absolute atomic E-state index is 15.2. The minimum atomic E-state index is -1.59. The van der Waals surface area contributed by atoms with Gasteiger partial charge in [-0.3, -0.25) is 38.4 Å². The van der Waals surface area contributed by atoms with Gasteiger partial charge in [0.15, 0.2) is 34.7 Å². The second kappa shape index (κ2) is 45.4. The third kappa shape index (κ3) is 25.6. The van der Waals surface area contributed by atoms with Crippen LogP contribution in [0.5, 0.6) is 34.8 Å². The predicted octanol–water partition coefficient (Wildman–Crippen LogP) is 16.9. The van der Waals surface area contributed by atoms with Gasteiger partial charge in [0, 0.05) is 104 Å². The van der Waals surface area contributed by atoms with Crippen LogP contribution in [0.4, 0.5) is 17.6 Å². The first-order chi connectivity index (χ1) is 56.0. The van der Waals surface area contributed by atoms with E-state index in [4.69, 9.17) is 95.1 Å². The molecular formula is C84H73BBr2Cl4F4N4O19. The second-order valence-electron chi connectivity index (χ2n) is 24.7. The highest BCUT2D eigenvalue weighted by Crippen LogP contribution is 2.41. The molecule has 1 unspecified atom stereocenters. The number of carbonyl (C=O) groups excluding carboxylic acids is 5. The van der Waals surface area contributed by atoms with Crippen molar-refractivity contribution in [3.63, 3.8) is 0 Å². The molecule has 0 amide bonds. The summed E-state index contributed by atoms with van der Waals surface area (Å²) in [6.07, 6.45) is 6.05. The first-order valence-corrected chi connectivity index (χ1v) is 37.7. The molecule has 0 aliphatic carbocycles. The van der Waals surface area contributed by atoms with Gasteiger partial charge in [0.1, 0.15) is 45.3 Å². The van der Waals surface area contributed by atoms with Crippen molar-refractivity contribution in [1.82, 2.24) is 19.5 Å². The van der Waals surface area contributed by atoms with E-state index in [-0.39, 0.29) is 133 Å². The van der Waals surface area contributed by atoms with Crippen molar-refractivity contribution < 1.29 is 99.8 Å². The number of ether oxygens (including phenoxy) is 6. The van der Waals surface area contributed by atoms with Crippen LogP contribution in [0.25, 0.3) is 33.4 Å². The van der Waals surface area contributed by atoms with Crippen molar-refractivity contribution in [3.05, 3.63) is 296 Å². The summed E-state index contributed by atoms with van der Waals surface area (Å²) in [5, 5.41) is 35.2. The standard InChI is InChI=1S/C31H25ClFNO6.C15H13ClFNO3.C14H11ClFNO3.C9H9BrO2.C8H5BrClFO.C7H10BNO4/c1-18(35)22-12-13-24(32)30(33)29(22)23-16-28(37)34(17-27(23)40-2)25(14-19-6-4-3-5-7-19)26(36)15-20-8-10-21(11-9-20)31(38)39;1-8(19)9-4-5-11(16)15(17)14(9)10-6-13(21-3)18-7-12(10)20-2;1-7(18)8-3-4-10(15)14(16)13(8)9-5-12(19)17-6-11(9)20-2;10-8(9(11)12)6-7-4-2-1-3-5-7;1-4(12)5-2-3-6(10)8(11)7(5)9;1-12-6-4-9-7(13-2)3-5(6)8(10)11/h3-13,16-17,25H,14-15H2,1-2H3,(H,38,39);4-7H,1-3H3;3-6H,1-2H3,(H,17,19);1-5,8H,6H2,(H,11,12);2-3H,1H3;3-4,10-11H,1-2H3/t;;;8-;;/m...1../s1. The third-order valence-electron chi connectivity index (χ3n) is 17.0. The zero-order valence-corrected chi connectivity index (χ0v) is 70.4. The van der Waals surface area contributed by atoms with Gasteiger partial charge < -0.3 is 58.2 Å². The van der Waals surface area contributed by atoms with Crippen molar-refractivity contribution >= 4 is 132 Å². The zero-order valence-electron chi connectivity index (χ0n) is 64.2. The van der Waals surface area contributed by atoms with E-state index in [0.717, 1.165) is 17.2 Å². The molecule has 5 N–H and O–H groups in total. The first-order valence-electron chi connectivity index (χ1n) is 34.5. The number of aromatic amines is 1. The Morgan fingerprint density at radius 2 is 0.898 bits per heavy atom. The van der Waals surface area contributed by atoms with Crippen LogP contribution in [0.15, 0.2) is 197 Å². The normalized spacial score (nSPS) is 10.9. The van der Waals surface area contributed by atoms with Crippen molar-refractivity contribution in [2.75, 3.05) is 42.7 Å². The van der Waals surface area contributed by atoms with Crippen molar-refractivity contribution in [1.29, 1.82) is 0 Å². The number of nitrogens with one attached hydrogen (secondary N) is 1. The molecule has 11 rings (SSSR count). The average molecular weight is 1830 g/mol. The molecule has 118 heavy (non-hydrogen) atoms. The smallest absolute Gasteiger partial charge is 0.492 e. The number of nitrogens with zero attached hydrogens (tertiary/aromatic N) is 3. The molecule has 2 atom stereocenters. The van der Waals surface area contributed by atoms with Crippen molar-refractivity contribution in [3.8, 4) is 68.1 Å². The fourth-order valence-corrected chi connectivity index (χ4v) is 12.8. The summed E-state index contributed by atoms with van der Waals surface area (Å²) < 4.78 is 88.9. The lowest BCUT2D eigenvalue weighted by Gasteiger charge is -2.22. The number of halogens is 10. The van der Waals surface area contributed by atoms with Crippen LogP contribution < -0.4 is 45.0 Å². The average Bonchev–Trinajstić information content (AvgIpc) is 0.663. The minimum absolute atomic E-state index is 0.00637. The molecule has 0 fully saturated rings. The number of hydrogen-bond acceptors (Lipinski definition) is 19. The number of pyridine rings is 4. The molecule has 4 heterocycles. The van der Waals surface area contributed by atoms with Crippen LogP contribution in [-0.2, 0) is 28.9 Å². The lowest BCUT2D eigenvalue weighted by molar-refractivity contribution is -0.136. The van der Waals surface area contributed by atoms with Crippen LogP contribution in [0.1, 0.15) is 102 Å². The van der Waals surface area contributed by atoms with Gasteiger partial charge in [-0.15, -0.1) is 0 Å². The number of carbonyl (C=O) groups is 7. The monoisotopic (exact) mass is 1830 g/mol. The third-order valence-corrected chi connectivity index (χ3v) is 19.6. The molecule has 0 radical (unpaired) electrons. The number of carboxylic acids is 2. The quantitative estimate of drug-likeness (QED) is 0.0123. The van der Waals surface area contributed by atoms with Gasteiger partial charge in [0.25, 0.3) is 5.56 Å². The second-order valence-corrected chi connectivity index (χ2v) is 28.2. The summed E-state index contributed by atoms with van der Waals surface area (Å²) in [6.45, 7) is 5.31. The molecule has 0 aliphatic heterocycles. The molecule has 0 bridgehead atoms. The van der Waals surface area contributed by atoms with Gasteiger partial charge in [0.2, 0.25) is 17.3 Å². The number of hydrogen-bond donors (Lipinski definition) is 5. The van der Waals surface area contributed by atoms with Crippen molar-refractivity contribution in [2.45, 2.75) is 57.8 Å². The fraction of sp³-hybridized carbons (Fsp3) is 0.179. The fourth-order valence-electron chi connectivity index (χ4n) is 11.1. The van der Waals surface area contributed by atoms with E-state index in [0.29, 0.717) is 40.5 Å². The molecule has 0 spiro atoms. The Labute approximate surface area is 710 Å². The van der Waals surface area contributed by atoms with Crippen LogP contribution in [-0.4, -0.2) is 135 Å². The number of rotatable bonds is 24. The Balaban J connectivity index is 0.000000236. The number of Topliss-reactive ketones (excluding diaryl/α,β-unsaturated/α-hetero) is 5. The highest BCUT2D eigenvalue weighted by Gasteiger charge is 2.29. The molecule has 7 aromatic carbocycles. The first kappa shape index (κ1) is 95.5. The van der Waals surface area contributed by atoms with E-state index in [1.807, 2.05) is 60.7 Å². The molecule has 0 saturated carbocycles. The lowest BCUT2D eigenvalue weighted by atomic mass is 9.80. The summed E-state index contributed by atoms with van der Waals surface area (Å²) in [7, 11) is 6.88. The summed E-state index contributed by atoms with van der Waals surface area (Å²) >= 11 is 29.1. The zero-order chi connectivity index (χ0) is 87.5. The number of aromatic carboxylic acids is 1. The highest BCUT2D eigenvalue weighted by atomic mass is 79.9. The number of aromatic nitrogens is 4. The maximum atomic E-state index is 15.2. The molecule has 23 nitrogen and oxygen atoms in total. The Morgan fingerprint density at radius 1 is 0.492 bits per heavy atom. The van der Waals surface area contributed by atoms with E-state index in [1.165, 1.54) is 179 Å². The van der Waals surface area contributed by atoms with Crippen LogP contribution >= 0.6 is 78.3 Å². The molecule has 34 heteroatoms. The number of methoxy groups -OCH3 is 6. The number of alkyl halides is 1. The number of ketones is 5. The summed E-state index contributed by atoms with van der Waals surface area (Å²) in [5.41, 5.74) is 2.81. The molecule has 616 valence electrons. The molecule has 4 aromatic heterocycles. The van der Waals surface area contributed by atoms with Crippen molar-refractivity contribution in [2.24, 2.45) is 0 Å². The van der Waals surface area contributed by atoms with Crippen LogP contribution in [0, 0.1) is 23.3 Å². The van der Waals surface area contributed by atoms with Gasteiger partial charge in [-0.2, -0.15) is 0 Å². The van der Waals surface area contributed by atoms with Gasteiger partial charge in [-0.05, 0) is 127 Å². The summed E-state index contributed by atoms with van der Waals surface area (Å²) in [4.78, 5) is 117. The number of benzene rings is 7. The maximum Gasteiger partial charge on any atom is 0.492 e. The molecule has 11 aromatic rings. The highest BCUT2D eigenvalue weighted by molar-refractivity contribution is 9.10. The molecular weight excluding hydrogens is 1760 g/mol. The van der Waals surface area contributed by atoms with E-state index in [2.05, 4.69) is 46.8 Å². The Bertz CT molecular complexity index is 5600. The molecule has 0 aliphatic rings. The van der Waals surface area contributed by atoms with Gasteiger partial charge in [-0.1, -0.05) is 135 Å². The lowest BCUT2D eigenvalue weighted by Crippen LogP contribution is -2.32. The number of carboxylic acid groups (broad SMARTS) is 2. The summed E-state index contributed by atoms with van der Waals surface area (Å²) in [5.74, 6) is -4.82. The van der Waals surface area contributed by atoms with Gasteiger partial charge >= 0.3 is 19.1 Å². The topological polar surface area (TPSA) is 336 Å². The Morgan fingerprint density at radius 3 is 1.31 bits per heavy atom. The van der Waals surface area contributed by atoms with E-state index < -0.39 is 70.1 Å². The number of H-pyrrole nitrogens is 1. The predicted molar refractivity (Wildman–Crippen MR) is 448 cm³/mol. The largest absolute Gasteiger partial charge is 0.495 e. The Hall–Kier alpha value is -11.3. The van der Waals surface area contributed by atoms with E-state index in [1.54, 1.807) is 12.1 Å². The van der Waals surface area contributed by atoms with Gasteiger partial charge in [0.05, 0.1) is 97.4 Å². The van der Waals surface area contributed by atoms with Crippen LogP contribution in [0.3, 0.4) is 0 Å². The number of aliphatic carboxylic acids is 1. The molecule has 0 saturated heterocycles.